The highest BCUT2D eigenvalue weighted by Gasteiger charge is 2.50. The van der Waals surface area contributed by atoms with Gasteiger partial charge in [0.1, 0.15) is 23.1 Å². The van der Waals surface area contributed by atoms with Gasteiger partial charge in [0.15, 0.2) is 0 Å². The molecule has 0 amide bonds. The van der Waals surface area contributed by atoms with E-state index in [0.29, 0.717) is 11.5 Å². The van der Waals surface area contributed by atoms with Gasteiger partial charge in [-0.1, -0.05) is 159 Å². The van der Waals surface area contributed by atoms with Crippen molar-refractivity contribution in [2.75, 3.05) is 9.80 Å². The molecule has 6 nitrogen and oxygen atoms in total. The highest BCUT2D eigenvalue weighted by Crippen LogP contribution is 2.53. The van der Waals surface area contributed by atoms with Gasteiger partial charge in [-0.2, -0.15) is 0 Å². The normalized spacial score (nSPS) is 16.3. The molecule has 1 aliphatic carbocycles. The molecule has 10 rings (SSSR count). The fourth-order valence-corrected chi connectivity index (χ4v) is 11.3. The van der Waals surface area contributed by atoms with Crippen LogP contribution in [-0.4, -0.2) is 21.7 Å². The lowest BCUT2D eigenvalue weighted by molar-refractivity contribution is 0.403. The first-order valence-corrected chi connectivity index (χ1v) is 24.1. The third-order valence-electron chi connectivity index (χ3n) is 14.8. The number of rotatable bonds is 3. The molecule has 0 radical (unpaired) electrons. The highest BCUT2D eigenvalue weighted by molar-refractivity contribution is 6.99. The second-order valence-corrected chi connectivity index (χ2v) is 25.1. The maximum Gasteiger partial charge on any atom is 0.301 e. The van der Waals surface area contributed by atoms with E-state index in [-0.39, 0.29) is 39.2 Å². The molecule has 0 saturated carbocycles. The van der Waals surface area contributed by atoms with Crippen molar-refractivity contribution >= 4 is 68.8 Å². The van der Waals surface area contributed by atoms with Crippen LogP contribution in [0.15, 0.2) is 95.5 Å². The number of nitrogens with zero attached hydrogens (tertiary/aromatic N) is 5. The SMILES string of the molecule is Cc1nc2c3c(n1)N(c1ccc4c(c1)C(C)(C)CC4(C)C)c1c(oc4ncc(C(C)(C)C)cc14)B3c1cc(C(C)(C)C)ccc1N2c1ccc(C(C)(C)C)cc1-c1ccc(C(C)(C)C)cc1. The lowest BCUT2D eigenvalue weighted by Gasteiger charge is -2.42. The Labute approximate surface area is 394 Å². The lowest BCUT2D eigenvalue weighted by Crippen LogP contribution is -2.61. The zero-order valence-electron chi connectivity index (χ0n) is 42.6. The standard InChI is InChI=1S/C59H68BN5O/c1-34-62-51-48-52(63-34)65(46-26-22-37(55(5,6)7)28-41(46)35-18-20-36(21-19-35)54(2,3)4)47-27-23-38(56(8,9)10)30-45(47)60(48)50-49(42-29-39(57(11,12)13)32-61-53(42)66-50)64(51)40-24-25-43-44(31-40)59(16,17)33-58(43,14)15/h18-32H,33H2,1-17H3. The van der Waals surface area contributed by atoms with Crippen LogP contribution >= 0.6 is 0 Å². The van der Waals surface area contributed by atoms with Crippen molar-refractivity contribution in [1.29, 1.82) is 0 Å². The molecule has 0 bridgehead atoms. The van der Waals surface area contributed by atoms with Gasteiger partial charge in [0.2, 0.25) is 5.71 Å². The van der Waals surface area contributed by atoms with Crippen LogP contribution in [0.4, 0.5) is 34.4 Å². The van der Waals surface area contributed by atoms with Crippen LogP contribution in [-0.2, 0) is 32.5 Å². The molecule has 7 heteroatoms. The smallest absolute Gasteiger partial charge is 0.301 e. The fourth-order valence-electron chi connectivity index (χ4n) is 11.3. The Morgan fingerprint density at radius 3 is 1.76 bits per heavy atom. The molecular formula is C59H68BN5O. The Balaban J connectivity index is 1.32. The number of aromatic nitrogens is 3. The average molecular weight is 874 g/mol. The third kappa shape index (κ3) is 6.93. The predicted octanol–water partition coefficient (Wildman–Crippen LogP) is 13.8. The second kappa shape index (κ2) is 14.2. The number of fused-ring (bicyclic) bond motifs is 7. The number of pyridine rings is 1. The van der Waals surface area contributed by atoms with Crippen LogP contribution in [0.2, 0.25) is 0 Å². The molecule has 7 aromatic rings. The van der Waals surface area contributed by atoms with Crippen molar-refractivity contribution in [3.63, 3.8) is 0 Å². The molecule has 5 heterocycles. The van der Waals surface area contributed by atoms with E-state index in [1.165, 1.54) is 38.8 Å². The zero-order chi connectivity index (χ0) is 47.4. The summed E-state index contributed by atoms with van der Waals surface area (Å²) in [4.78, 5) is 21.0. The van der Waals surface area contributed by atoms with E-state index in [4.69, 9.17) is 19.4 Å². The summed E-state index contributed by atoms with van der Waals surface area (Å²) in [5, 5.41) is 0.996. The Bertz CT molecular complexity index is 3130. The number of furan rings is 1. The minimum atomic E-state index is -0.296. The summed E-state index contributed by atoms with van der Waals surface area (Å²) in [6.45, 7) is 38.7. The lowest BCUT2D eigenvalue weighted by atomic mass is 9.36. The van der Waals surface area contributed by atoms with E-state index in [9.17, 15) is 0 Å². The van der Waals surface area contributed by atoms with Gasteiger partial charge in [-0.05, 0) is 127 Å². The predicted molar refractivity (Wildman–Crippen MR) is 279 cm³/mol. The van der Waals surface area contributed by atoms with Gasteiger partial charge < -0.3 is 4.42 Å². The van der Waals surface area contributed by atoms with Gasteiger partial charge in [-0.3, -0.25) is 9.80 Å². The maximum absolute atomic E-state index is 7.24. The van der Waals surface area contributed by atoms with Crippen molar-refractivity contribution in [3.8, 4) is 11.1 Å². The maximum atomic E-state index is 7.24. The molecule has 0 atom stereocenters. The Morgan fingerprint density at radius 1 is 0.576 bits per heavy atom. The Hall–Kier alpha value is -5.69. The summed E-state index contributed by atoms with van der Waals surface area (Å²) in [6, 6.07) is 32.8. The summed E-state index contributed by atoms with van der Waals surface area (Å²) >= 11 is 0. The van der Waals surface area contributed by atoms with E-state index >= 15 is 0 Å². The molecule has 4 aromatic carbocycles. The van der Waals surface area contributed by atoms with Gasteiger partial charge in [0.05, 0.1) is 16.8 Å². The highest BCUT2D eigenvalue weighted by atomic mass is 16.3. The van der Waals surface area contributed by atoms with Crippen molar-refractivity contribution in [2.45, 2.75) is 157 Å². The summed E-state index contributed by atoms with van der Waals surface area (Å²) in [6.07, 6.45) is 3.08. The Kier molecular flexibility index (Phi) is 9.48. The third-order valence-corrected chi connectivity index (χ3v) is 14.8. The molecular weight excluding hydrogens is 805 g/mol. The van der Waals surface area contributed by atoms with Crippen LogP contribution in [0.1, 0.15) is 156 Å². The molecule has 0 unspecified atom stereocenters. The second-order valence-electron chi connectivity index (χ2n) is 25.1. The van der Waals surface area contributed by atoms with Crippen LogP contribution in [0.25, 0.3) is 22.2 Å². The summed E-state index contributed by atoms with van der Waals surface area (Å²) in [5.74, 6) is 2.46. The summed E-state index contributed by atoms with van der Waals surface area (Å²) in [7, 11) is 0. The number of hydrogen-bond acceptors (Lipinski definition) is 6. The molecule has 0 saturated heterocycles. The number of anilines is 6. The molecule has 2 aliphatic heterocycles. The first-order valence-electron chi connectivity index (χ1n) is 24.1. The summed E-state index contributed by atoms with van der Waals surface area (Å²) in [5.41, 5.74) is 17.9. The van der Waals surface area contributed by atoms with Crippen molar-refractivity contribution < 1.29 is 4.42 Å². The largest absolute Gasteiger partial charge is 0.450 e. The molecule has 0 spiro atoms. The molecule has 0 fully saturated rings. The van der Waals surface area contributed by atoms with Gasteiger partial charge in [-0.25, -0.2) is 15.0 Å². The van der Waals surface area contributed by atoms with Gasteiger partial charge in [0, 0.05) is 28.6 Å². The van der Waals surface area contributed by atoms with Gasteiger partial charge in [0.25, 0.3) is 0 Å². The minimum Gasteiger partial charge on any atom is -0.450 e. The van der Waals surface area contributed by atoms with Crippen LogP contribution in [0.3, 0.4) is 0 Å². The monoisotopic (exact) mass is 874 g/mol. The fraction of sp³-hybridized carbons (Fsp3) is 0.407. The first kappa shape index (κ1) is 44.2. The van der Waals surface area contributed by atoms with Gasteiger partial charge >= 0.3 is 6.71 Å². The van der Waals surface area contributed by atoms with Crippen LogP contribution < -0.4 is 26.4 Å². The van der Waals surface area contributed by atoms with Crippen molar-refractivity contribution in [3.05, 3.63) is 130 Å². The van der Waals surface area contributed by atoms with Crippen LogP contribution in [0.5, 0.6) is 0 Å². The number of aryl methyl sites for hydroxylation is 1. The van der Waals surface area contributed by atoms with Crippen molar-refractivity contribution in [1.82, 2.24) is 15.0 Å². The van der Waals surface area contributed by atoms with E-state index < -0.39 is 0 Å². The first-order chi connectivity index (χ1) is 30.6. The van der Waals surface area contributed by atoms with Crippen molar-refractivity contribution in [2.24, 2.45) is 0 Å². The molecule has 3 aromatic heterocycles. The van der Waals surface area contributed by atoms with Gasteiger partial charge in [-0.15, -0.1) is 0 Å². The van der Waals surface area contributed by atoms with E-state index in [1.807, 2.05) is 13.1 Å². The van der Waals surface area contributed by atoms with E-state index in [2.05, 4.69) is 206 Å². The molecule has 66 heavy (non-hydrogen) atoms. The average Bonchev–Trinajstić information content (AvgIpc) is 3.68. The van der Waals surface area contributed by atoms with E-state index in [0.717, 1.165) is 68.4 Å². The quantitative estimate of drug-likeness (QED) is 0.165. The summed E-state index contributed by atoms with van der Waals surface area (Å²) < 4.78 is 7.24. The number of hydrogen-bond donors (Lipinski definition) is 0. The van der Waals surface area contributed by atoms with E-state index in [1.54, 1.807) is 0 Å². The topological polar surface area (TPSA) is 58.3 Å². The number of benzene rings is 4. The minimum absolute atomic E-state index is 0.00374. The Morgan fingerprint density at radius 2 is 1.14 bits per heavy atom. The molecule has 3 aliphatic rings. The zero-order valence-corrected chi connectivity index (χ0v) is 42.6. The van der Waals surface area contributed by atoms with Crippen LogP contribution in [0, 0.1) is 6.92 Å². The molecule has 0 N–H and O–H groups in total. The molecule has 338 valence electrons.